The van der Waals surface area contributed by atoms with Crippen LogP contribution in [0.15, 0.2) is 53.5 Å². The van der Waals surface area contributed by atoms with E-state index in [0.717, 1.165) is 41.7 Å². The van der Waals surface area contributed by atoms with Gasteiger partial charge in [0.25, 0.3) is 5.56 Å². The van der Waals surface area contributed by atoms with Crippen molar-refractivity contribution < 1.29 is 4.79 Å². The van der Waals surface area contributed by atoms with Crippen molar-refractivity contribution in [1.82, 2.24) is 14.0 Å². The van der Waals surface area contributed by atoms with Gasteiger partial charge < -0.3 is 14.0 Å². The number of pyridine rings is 1. The van der Waals surface area contributed by atoms with Crippen molar-refractivity contribution in [1.29, 1.82) is 0 Å². The van der Waals surface area contributed by atoms with Gasteiger partial charge in [0.2, 0.25) is 5.91 Å². The lowest BCUT2D eigenvalue weighted by Gasteiger charge is -2.42. The Morgan fingerprint density at radius 3 is 2.81 bits per heavy atom. The molecule has 1 amide bonds. The maximum Gasteiger partial charge on any atom is 0.250 e. The molecule has 0 N–H and O–H groups in total. The number of aryl methyl sites for hydroxylation is 1. The number of amides is 1. The van der Waals surface area contributed by atoms with Crippen molar-refractivity contribution >= 4 is 16.8 Å². The molecular weight excluding hydrogens is 338 g/mol. The van der Waals surface area contributed by atoms with Crippen LogP contribution in [0.2, 0.25) is 0 Å². The van der Waals surface area contributed by atoms with E-state index in [1.54, 1.807) is 6.07 Å². The van der Waals surface area contributed by atoms with E-state index in [9.17, 15) is 9.59 Å². The van der Waals surface area contributed by atoms with Crippen molar-refractivity contribution in [2.75, 3.05) is 13.1 Å². The molecule has 3 aromatic rings. The molecule has 0 radical (unpaired) electrons. The van der Waals surface area contributed by atoms with Crippen molar-refractivity contribution in [2.45, 2.75) is 25.3 Å². The number of piperidine rings is 1. The van der Waals surface area contributed by atoms with Crippen LogP contribution in [-0.4, -0.2) is 33.0 Å². The Morgan fingerprint density at radius 1 is 1.07 bits per heavy atom. The number of aromatic nitrogens is 2. The Morgan fingerprint density at radius 2 is 1.93 bits per heavy atom. The number of carbonyl (C=O) groups excluding carboxylic acids is 1. The van der Waals surface area contributed by atoms with Crippen LogP contribution in [-0.2, 0) is 24.8 Å². The van der Waals surface area contributed by atoms with Crippen molar-refractivity contribution in [2.24, 2.45) is 13.0 Å². The summed E-state index contributed by atoms with van der Waals surface area (Å²) < 4.78 is 4.00. The van der Waals surface area contributed by atoms with Crippen LogP contribution in [0.1, 0.15) is 23.6 Å². The van der Waals surface area contributed by atoms with E-state index in [4.69, 9.17) is 0 Å². The topological polar surface area (TPSA) is 47.2 Å². The molecule has 2 atom stereocenters. The number of hydrogen-bond acceptors (Lipinski definition) is 2. The number of fused-ring (bicyclic) bond motifs is 5. The fourth-order valence-electron chi connectivity index (χ4n) is 4.94. The van der Waals surface area contributed by atoms with Gasteiger partial charge in [-0.1, -0.05) is 24.3 Å². The lowest BCUT2D eigenvalue weighted by Crippen LogP contribution is -2.49. The van der Waals surface area contributed by atoms with Crippen LogP contribution in [0.5, 0.6) is 0 Å². The van der Waals surface area contributed by atoms with Crippen LogP contribution in [0, 0.1) is 5.92 Å². The molecule has 0 saturated carbocycles. The Hall–Kier alpha value is -2.82. The zero-order valence-corrected chi connectivity index (χ0v) is 15.5. The Labute approximate surface area is 157 Å². The molecule has 2 bridgehead atoms. The molecule has 5 rings (SSSR count). The third-order valence-corrected chi connectivity index (χ3v) is 6.15. The minimum atomic E-state index is 0.0812. The summed E-state index contributed by atoms with van der Waals surface area (Å²) in [6, 6.07) is 13.7. The van der Waals surface area contributed by atoms with E-state index < -0.39 is 0 Å². The summed E-state index contributed by atoms with van der Waals surface area (Å²) >= 11 is 0. The summed E-state index contributed by atoms with van der Waals surface area (Å²) in [6.45, 7) is 2.19. The first-order valence-electron chi connectivity index (χ1n) is 9.60. The standard InChI is InChI=1S/C22H23N3O2/c1-23-13-16(18-5-2-3-6-20(18)23)10-22(27)24-11-15-9-17(14-24)19-7-4-8-21(26)25(19)12-15/h2-8,13,15,17H,9-12,14H2,1H3/t15-,17+/m1/s1. The van der Waals surface area contributed by atoms with Gasteiger partial charge in [0.1, 0.15) is 0 Å². The maximum absolute atomic E-state index is 13.1. The second kappa shape index (κ2) is 6.12. The van der Waals surface area contributed by atoms with E-state index in [-0.39, 0.29) is 17.4 Å². The minimum Gasteiger partial charge on any atom is -0.350 e. The smallest absolute Gasteiger partial charge is 0.250 e. The van der Waals surface area contributed by atoms with Crippen molar-refractivity contribution in [3.63, 3.8) is 0 Å². The van der Waals surface area contributed by atoms with Gasteiger partial charge in [-0.3, -0.25) is 9.59 Å². The first kappa shape index (κ1) is 16.4. The Balaban J connectivity index is 1.40. The summed E-state index contributed by atoms with van der Waals surface area (Å²) in [5.74, 6) is 0.823. The van der Waals surface area contributed by atoms with Gasteiger partial charge >= 0.3 is 0 Å². The number of likely N-dealkylation sites (tertiary alicyclic amines) is 1. The zero-order chi connectivity index (χ0) is 18.5. The molecule has 0 unspecified atom stereocenters. The molecule has 27 heavy (non-hydrogen) atoms. The molecule has 1 saturated heterocycles. The molecule has 1 fully saturated rings. The van der Waals surface area contributed by atoms with E-state index in [1.807, 2.05) is 40.8 Å². The van der Waals surface area contributed by atoms with E-state index >= 15 is 0 Å². The molecule has 0 aliphatic carbocycles. The van der Waals surface area contributed by atoms with E-state index in [0.29, 0.717) is 18.9 Å². The van der Waals surface area contributed by atoms with Crippen LogP contribution in [0.4, 0.5) is 0 Å². The third kappa shape index (κ3) is 2.69. The molecule has 0 spiro atoms. The third-order valence-electron chi connectivity index (χ3n) is 6.15. The van der Waals surface area contributed by atoms with Gasteiger partial charge in [0.15, 0.2) is 0 Å². The van der Waals surface area contributed by atoms with Gasteiger partial charge in [-0.2, -0.15) is 0 Å². The van der Waals surface area contributed by atoms with Gasteiger partial charge in [-0.25, -0.2) is 0 Å². The number of carbonyl (C=O) groups is 1. The lowest BCUT2D eigenvalue weighted by atomic mass is 9.83. The highest BCUT2D eigenvalue weighted by Crippen LogP contribution is 2.35. The highest BCUT2D eigenvalue weighted by atomic mass is 16.2. The average Bonchev–Trinajstić information content (AvgIpc) is 2.98. The number of nitrogens with zero attached hydrogens (tertiary/aromatic N) is 3. The first-order chi connectivity index (χ1) is 13.1. The predicted octanol–water partition coefficient (Wildman–Crippen LogP) is 2.53. The number of rotatable bonds is 2. The lowest BCUT2D eigenvalue weighted by molar-refractivity contribution is -0.133. The largest absolute Gasteiger partial charge is 0.350 e. The fraction of sp³-hybridized carbons (Fsp3) is 0.364. The second-order valence-electron chi connectivity index (χ2n) is 7.96. The van der Waals surface area contributed by atoms with Crippen LogP contribution in [0.25, 0.3) is 10.9 Å². The number of para-hydroxylation sites is 1. The van der Waals surface area contributed by atoms with Crippen molar-refractivity contribution in [3.8, 4) is 0 Å². The van der Waals surface area contributed by atoms with Gasteiger partial charge in [-0.15, -0.1) is 0 Å². The molecule has 2 aliphatic heterocycles. The van der Waals surface area contributed by atoms with Gasteiger partial charge in [-0.05, 0) is 30.0 Å². The summed E-state index contributed by atoms with van der Waals surface area (Å²) in [4.78, 5) is 27.3. The summed E-state index contributed by atoms with van der Waals surface area (Å²) in [5, 5.41) is 1.16. The maximum atomic E-state index is 13.1. The van der Waals surface area contributed by atoms with Crippen LogP contribution in [0.3, 0.4) is 0 Å². The normalized spacial score (nSPS) is 21.3. The fourth-order valence-corrected chi connectivity index (χ4v) is 4.94. The number of hydrogen-bond donors (Lipinski definition) is 0. The van der Waals surface area contributed by atoms with E-state index in [1.165, 1.54) is 0 Å². The molecule has 5 nitrogen and oxygen atoms in total. The second-order valence-corrected chi connectivity index (χ2v) is 7.96. The van der Waals surface area contributed by atoms with Crippen molar-refractivity contribution in [3.05, 3.63) is 70.3 Å². The molecule has 1 aromatic carbocycles. The summed E-state index contributed by atoms with van der Waals surface area (Å²) in [5.41, 5.74) is 3.41. The average molecular weight is 361 g/mol. The predicted molar refractivity (Wildman–Crippen MR) is 105 cm³/mol. The molecule has 4 heterocycles. The molecule has 138 valence electrons. The molecule has 2 aromatic heterocycles. The Bertz CT molecular complexity index is 1090. The minimum absolute atomic E-state index is 0.0812. The summed E-state index contributed by atoms with van der Waals surface area (Å²) in [7, 11) is 2.02. The molecular formula is C22H23N3O2. The first-order valence-corrected chi connectivity index (χ1v) is 9.60. The number of benzene rings is 1. The summed E-state index contributed by atoms with van der Waals surface area (Å²) in [6.07, 6.45) is 3.58. The quantitative estimate of drug-likeness (QED) is 0.704. The highest BCUT2D eigenvalue weighted by molar-refractivity contribution is 5.89. The van der Waals surface area contributed by atoms with Gasteiger partial charge in [0.05, 0.1) is 6.42 Å². The Kier molecular flexibility index (Phi) is 3.71. The van der Waals surface area contributed by atoms with E-state index in [2.05, 4.69) is 22.9 Å². The molecule has 2 aliphatic rings. The van der Waals surface area contributed by atoms with Gasteiger partial charge in [0, 0.05) is 61.5 Å². The molecule has 5 heteroatoms. The highest BCUT2D eigenvalue weighted by Gasteiger charge is 2.36. The van der Waals surface area contributed by atoms with Crippen LogP contribution >= 0.6 is 0 Å². The monoisotopic (exact) mass is 361 g/mol. The zero-order valence-electron chi connectivity index (χ0n) is 15.5. The van der Waals surface area contributed by atoms with Crippen LogP contribution < -0.4 is 5.56 Å². The SMILES string of the molecule is Cn1cc(CC(=O)N2C[C@H]3C[C@@H](C2)c2cccc(=O)n2C3)c2ccccc21.